The second-order valence-electron chi connectivity index (χ2n) is 6.82. The van der Waals surface area contributed by atoms with Crippen molar-refractivity contribution in [1.29, 1.82) is 0 Å². The van der Waals surface area contributed by atoms with Crippen LogP contribution in [0.5, 0.6) is 11.6 Å². The smallest absolute Gasteiger partial charge is 0.221 e. The maximum absolute atomic E-state index is 6.08. The highest BCUT2D eigenvalue weighted by Gasteiger charge is 2.18. The monoisotopic (exact) mass is 359 g/mol. The van der Waals surface area contributed by atoms with Gasteiger partial charge in [0.2, 0.25) is 5.88 Å². The number of pyridine rings is 1. The molecule has 25 heavy (non-hydrogen) atoms. The van der Waals surface area contributed by atoms with Gasteiger partial charge in [-0.3, -0.25) is 4.90 Å². The Bertz CT molecular complexity index is 720. The number of anilines is 1. The summed E-state index contributed by atoms with van der Waals surface area (Å²) in [5, 5.41) is 0.744. The minimum atomic E-state index is 0.593. The zero-order valence-corrected chi connectivity index (χ0v) is 16.0. The predicted octanol–water partition coefficient (Wildman–Crippen LogP) is 4.76. The van der Waals surface area contributed by atoms with Gasteiger partial charge in [0, 0.05) is 43.3 Å². The summed E-state index contributed by atoms with van der Waals surface area (Å²) in [7, 11) is 0. The quantitative estimate of drug-likeness (QED) is 0.787. The second-order valence-corrected chi connectivity index (χ2v) is 7.22. The van der Waals surface area contributed by atoms with Crippen LogP contribution < -0.4 is 9.64 Å². The van der Waals surface area contributed by atoms with E-state index in [4.69, 9.17) is 21.3 Å². The minimum Gasteiger partial charge on any atom is -0.439 e. The molecule has 0 atom stereocenters. The topological polar surface area (TPSA) is 28.6 Å². The van der Waals surface area contributed by atoms with Gasteiger partial charge in [0.05, 0.1) is 0 Å². The molecule has 2 heterocycles. The van der Waals surface area contributed by atoms with Crippen LogP contribution in [0.1, 0.15) is 25.8 Å². The Morgan fingerprint density at radius 3 is 2.68 bits per heavy atom. The van der Waals surface area contributed by atoms with Gasteiger partial charge in [-0.2, -0.15) is 4.98 Å². The number of aromatic nitrogens is 1. The molecule has 0 spiro atoms. The van der Waals surface area contributed by atoms with Crippen molar-refractivity contribution in [2.45, 2.75) is 33.2 Å². The number of benzene rings is 1. The van der Waals surface area contributed by atoms with E-state index < -0.39 is 0 Å². The van der Waals surface area contributed by atoms with Gasteiger partial charge in [-0.1, -0.05) is 17.7 Å². The number of halogens is 1. The molecule has 1 aliphatic rings. The molecule has 1 aromatic heterocycles. The van der Waals surface area contributed by atoms with Crippen LogP contribution in [0.15, 0.2) is 36.4 Å². The van der Waals surface area contributed by atoms with Gasteiger partial charge < -0.3 is 9.64 Å². The van der Waals surface area contributed by atoms with Crippen LogP contribution in [0.3, 0.4) is 0 Å². The van der Waals surface area contributed by atoms with Crippen LogP contribution in [-0.4, -0.2) is 42.1 Å². The molecule has 1 aliphatic heterocycles. The predicted molar refractivity (Wildman–Crippen MR) is 104 cm³/mol. The Hall–Kier alpha value is -1.78. The average Bonchev–Trinajstić information content (AvgIpc) is 2.85. The first kappa shape index (κ1) is 18.0. The molecule has 3 rings (SSSR count). The second kappa shape index (κ2) is 8.07. The van der Waals surface area contributed by atoms with Crippen LogP contribution in [0.4, 0.5) is 5.82 Å². The maximum atomic E-state index is 6.08. The minimum absolute atomic E-state index is 0.593. The first-order chi connectivity index (χ1) is 12.0. The Labute approximate surface area is 155 Å². The molecule has 0 unspecified atom stereocenters. The largest absolute Gasteiger partial charge is 0.439 e. The van der Waals surface area contributed by atoms with Crippen molar-refractivity contribution < 1.29 is 4.74 Å². The number of hydrogen-bond acceptors (Lipinski definition) is 4. The molecule has 0 N–H and O–H groups in total. The van der Waals surface area contributed by atoms with Crippen LogP contribution >= 0.6 is 11.6 Å². The number of hydrogen-bond donors (Lipinski definition) is 0. The third kappa shape index (κ3) is 4.65. The summed E-state index contributed by atoms with van der Waals surface area (Å²) >= 11 is 6.08. The van der Waals surface area contributed by atoms with Crippen molar-refractivity contribution in [1.82, 2.24) is 9.88 Å². The molecule has 4 nitrogen and oxygen atoms in total. The average molecular weight is 360 g/mol. The number of nitrogens with zero attached hydrogens (tertiary/aromatic N) is 3. The van der Waals surface area contributed by atoms with Crippen molar-refractivity contribution in [2.75, 3.05) is 31.1 Å². The molecule has 2 aromatic rings. The first-order valence-electron chi connectivity index (χ1n) is 8.93. The lowest BCUT2D eigenvalue weighted by molar-refractivity contribution is 0.238. The van der Waals surface area contributed by atoms with E-state index in [1.807, 2.05) is 37.3 Å². The van der Waals surface area contributed by atoms with Gasteiger partial charge in [-0.15, -0.1) is 0 Å². The Morgan fingerprint density at radius 2 is 1.92 bits per heavy atom. The van der Waals surface area contributed by atoms with Crippen molar-refractivity contribution >= 4 is 17.4 Å². The van der Waals surface area contributed by atoms with E-state index >= 15 is 0 Å². The lowest BCUT2D eigenvalue weighted by Gasteiger charge is -2.25. The molecular weight excluding hydrogens is 334 g/mol. The summed E-state index contributed by atoms with van der Waals surface area (Å²) in [4.78, 5) is 9.58. The maximum Gasteiger partial charge on any atom is 0.221 e. The van der Waals surface area contributed by atoms with Crippen LogP contribution in [0.2, 0.25) is 5.02 Å². The zero-order valence-electron chi connectivity index (χ0n) is 15.2. The van der Waals surface area contributed by atoms with E-state index in [9.17, 15) is 0 Å². The molecule has 1 saturated heterocycles. The van der Waals surface area contributed by atoms with Gasteiger partial charge >= 0.3 is 0 Å². The van der Waals surface area contributed by atoms with Gasteiger partial charge in [0.15, 0.2) is 0 Å². The first-order valence-corrected chi connectivity index (χ1v) is 9.31. The van der Waals surface area contributed by atoms with Crippen LogP contribution in [0, 0.1) is 6.92 Å². The highest BCUT2D eigenvalue weighted by atomic mass is 35.5. The van der Waals surface area contributed by atoms with Crippen LogP contribution in [-0.2, 0) is 0 Å². The fourth-order valence-electron chi connectivity index (χ4n) is 3.12. The van der Waals surface area contributed by atoms with Crippen molar-refractivity contribution in [2.24, 2.45) is 0 Å². The Morgan fingerprint density at radius 1 is 1.08 bits per heavy atom. The fraction of sp³-hybridized carbons (Fsp3) is 0.450. The molecule has 1 fully saturated rings. The van der Waals surface area contributed by atoms with Gasteiger partial charge in [0.1, 0.15) is 11.6 Å². The van der Waals surface area contributed by atoms with Crippen molar-refractivity contribution in [3.63, 3.8) is 0 Å². The van der Waals surface area contributed by atoms with E-state index in [2.05, 4.69) is 29.7 Å². The molecule has 1 aromatic carbocycles. The summed E-state index contributed by atoms with van der Waals surface area (Å²) < 4.78 is 5.93. The van der Waals surface area contributed by atoms with Crippen LogP contribution in [0.25, 0.3) is 0 Å². The van der Waals surface area contributed by atoms with Crippen molar-refractivity contribution in [3.8, 4) is 11.6 Å². The zero-order chi connectivity index (χ0) is 17.8. The van der Waals surface area contributed by atoms with E-state index in [1.165, 1.54) is 0 Å². The lowest BCUT2D eigenvalue weighted by atomic mass is 10.2. The normalized spacial score (nSPS) is 16.1. The molecule has 0 aliphatic carbocycles. The van der Waals surface area contributed by atoms with E-state index in [0.29, 0.717) is 11.9 Å². The van der Waals surface area contributed by atoms with Gasteiger partial charge in [-0.05, 0) is 57.0 Å². The molecule has 134 valence electrons. The number of rotatable bonds is 4. The van der Waals surface area contributed by atoms with E-state index in [-0.39, 0.29) is 0 Å². The molecule has 0 saturated carbocycles. The van der Waals surface area contributed by atoms with Crippen molar-refractivity contribution in [3.05, 3.63) is 47.0 Å². The Kier molecular flexibility index (Phi) is 5.82. The summed E-state index contributed by atoms with van der Waals surface area (Å²) in [6.45, 7) is 10.7. The molecule has 0 radical (unpaired) electrons. The molecular formula is C20H26ClN3O. The SMILES string of the molecule is Cc1cc(Oc2cccc(N3CCCN(C(C)C)CC3)n2)ccc1Cl. The highest BCUT2D eigenvalue weighted by Crippen LogP contribution is 2.26. The Balaban J connectivity index is 1.71. The number of ether oxygens (including phenoxy) is 1. The summed E-state index contributed by atoms with van der Waals surface area (Å²) in [5.41, 5.74) is 0.997. The number of aryl methyl sites for hydroxylation is 1. The summed E-state index contributed by atoms with van der Waals surface area (Å²) in [5.74, 6) is 2.35. The molecule has 5 heteroatoms. The van der Waals surface area contributed by atoms with Gasteiger partial charge in [0.25, 0.3) is 0 Å². The van der Waals surface area contributed by atoms with E-state index in [1.54, 1.807) is 0 Å². The summed E-state index contributed by atoms with van der Waals surface area (Å²) in [6.07, 6.45) is 1.15. The van der Waals surface area contributed by atoms with E-state index in [0.717, 1.165) is 54.8 Å². The fourth-order valence-corrected chi connectivity index (χ4v) is 3.24. The molecule has 0 bridgehead atoms. The standard InChI is InChI=1S/C20H26ClN3O/c1-15(2)23-10-5-11-24(13-12-23)19-6-4-7-20(22-19)25-17-8-9-18(21)16(3)14-17/h4,6-9,14-15H,5,10-13H2,1-3H3. The summed E-state index contributed by atoms with van der Waals surface area (Å²) in [6, 6.07) is 12.2. The molecule has 0 amide bonds. The van der Waals surface area contributed by atoms with Gasteiger partial charge in [-0.25, -0.2) is 0 Å². The third-order valence-corrected chi connectivity index (χ3v) is 5.07. The lowest BCUT2D eigenvalue weighted by Crippen LogP contribution is -2.35. The highest BCUT2D eigenvalue weighted by molar-refractivity contribution is 6.31. The third-order valence-electron chi connectivity index (χ3n) is 4.65.